The second-order valence-electron chi connectivity index (χ2n) is 12.7. The number of aromatic nitrogens is 2. The molecule has 1 amide bonds. The van der Waals surface area contributed by atoms with Crippen molar-refractivity contribution in [3.05, 3.63) is 205 Å². The normalized spacial score (nSPS) is 11.2. The molecule has 6 aromatic carbocycles. The number of aryl methyl sites for hydroxylation is 1. The number of nitrogens with one attached hydrogen (secondary N) is 1. The van der Waals surface area contributed by atoms with Crippen LogP contribution < -0.4 is 5.43 Å². The molecule has 2 heterocycles. The van der Waals surface area contributed by atoms with Crippen LogP contribution in [-0.4, -0.2) is 21.3 Å². The highest BCUT2D eigenvalue weighted by Gasteiger charge is 2.19. The molecule has 0 bridgehead atoms. The van der Waals surface area contributed by atoms with Crippen molar-refractivity contribution in [2.24, 2.45) is 5.10 Å². The molecule has 5 heteroatoms. The molecule has 0 saturated heterocycles. The van der Waals surface area contributed by atoms with Gasteiger partial charge < -0.3 is 9.13 Å². The Kier molecular flexibility index (Phi) is 8.97. The van der Waals surface area contributed by atoms with Crippen LogP contribution in [0.4, 0.5) is 0 Å². The maximum atomic E-state index is 13.5. The van der Waals surface area contributed by atoms with Crippen molar-refractivity contribution in [3.63, 3.8) is 0 Å². The minimum atomic E-state index is -0.288. The second kappa shape index (κ2) is 14.5. The van der Waals surface area contributed by atoms with Crippen LogP contribution in [0.15, 0.2) is 193 Å². The SMILES string of the molecule is Cc1ccc(-n2c(-c3ccccc3)cc(/C=N/NC(=O)c3ccc(-n4c(-c5ccccc5)ccc4-c4ccccc4)cc3)c2-c2ccccc2)cc1. The topological polar surface area (TPSA) is 51.3 Å². The minimum absolute atomic E-state index is 0.288. The van der Waals surface area contributed by atoms with Crippen molar-refractivity contribution in [1.29, 1.82) is 0 Å². The molecule has 0 spiro atoms. The number of hydrogen-bond donors (Lipinski definition) is 1. The maximum absolute atomic E-state index is 13.5. The van der Waals surface area contributed by atoms with E-state index in [0.717, 1.165) is 62.0 Å². The number of benzene rings is 6. The molecule has 0 unspecified atom stereocenters. The van der Waals surface area contributed by atoms with E-state index in [9.17, 15) is 4.79 Å². The van der Waals surface area contributed by atoms with Gasteiger partial charge in [0.05, 0.1) is 29.0 Å². The Morgan fingerprint density at radius 1 is 0.500 bits per heavy atom. The first-order chi connectivity index (χ1) is 25.6. The summed E-state index contributed by atoms with van der Waals surface area (Å²) in [7, 11) is 0. The fraction of sp³-hybridized carbons (Fsp3) is 0.0213. The number of rotatable bonds is 9. The molecule has 8 aromatic rings. The molecule has 0 atom stereocenters. The lowest BCUT2D eigenvalue weighted by molar-refractivity contribution is 0.0955. The number of carbonyl (C=O) groups is 1. The average Bonchev–Trinajstić information content (AvgIpc) is 3.83. The summed E-state index contributed by atoms with van der Waals surface area (Å²) in [6.45, 7) is 2.09. The van der Waals surface area contributed by atoms with E-state index in [1.807, 2.05) is 97.1 Å². The maximum Gasteiger partial charge on any atom is 0.271 e. The molecule has 52 heavy (non-hydrogen) atoms. The lowest BCUT2D eigenvalue weighted by Gasteiger charge is -2.15. The lowest BCUT2D eigenvalue weighted by Crippen LogP contribution is -2.17. The van der Waals surface area contributed by atoms with Crippen LogP contribution in [0.2, 0.25) is 0 Å². The van der Waals surface area contributed by atoms with E-state index < -0.39 is 0 Å². The second-order valence-corrected chi connectivity index (χ2v) is 12.7. The highest BCUT2D eigenvalue weighted by atomic mass is 16.2. The van der Waals surface area contributed by atoms with E-state index >= 15 is 0 Å². The summed E-state index contributed by atoms with van der Waals surface area (Å²) < 4.78 is 4.50. The molecule has 0 aliphatic carbocycles. The van der Waals surface area contributed by atoms with Crippen LogP contribution in [0.25, 0.3) is 56.4 Å². The fourth-order valence-corrected chi connectivity index (χ4v) is 6.67. The lowest BCUT2D eigenvalue weighted by atomic mass is 10.1. The summed E-state index contributed by atoms with van der Waals surface area (Å²) in [5.74, 6) is -0.288. The molecular weight excluding hydrogens is 637 g/mol. The van der Waals surface area contributed by atoms with Gasteiger partial charge in [0.25, 0.3) is 5.91 Å². The predicted molar refractivity (Wildman–Crippen MR) is 213 cm³/mol. The monoisotopic (exact) mass is 672 g/mol. The molecule has 8 rings (SSSR count). The summed E-state index contributed by atoms with van der Waals surface area (Å²) >= 11 is 0. The van der Waals surface area contributed by atoms with E-state index in [1.165, 1.54) is 5.56 Å². The van der Waals surface area contributed by atoms with Crippen LogP contribution in [0, 0.1) is 6.92 Å². The minimum Gasteiger partial charge on any atom is -0.309 e. The molecule has 0 aliphatic rings. The Morgan fingerprint density at radius 2 is 0.942 bits per heavy atom. The first kappa shape index (κ1) is 32.2. The number of amides is 1. The van der Waals surface area contributed by atoms with Gasteiger partial charge in [-0.15, -0.1) is 0 Å². The van der Waals surface area contributed by atoms with Crippen molar-refractivity contribution < 1.29 is 4.79 Å². The molecule has 1 N–H and O–H groups in total. The highest BCUT2D eigenvalue weighted by molar-refractivity contribution is 5.97. The van der Waals surface area contributed by atoms with Gasteiger partial charge in [0.15, 0.2) is 0 Å². The summed E-state index contributed by atoms with van der Waals surface area (Å²) in [4.78, 5) is 13.5. The van der Waals surface area contributed by atoms with Gasteiger partial charge in [0.2, 0.25) is 0 Å². The van der Waals surface area contributed by atoms with E-state index in [0.29, 0.717) is 5.56 Å². The fourth-order valence-electron chi connectivity index (χ4n) is 6.67. The number of hydrogen-bond acceptors (Lipinski definition) is 2. The molecule has 0 fully saturated rings. The van der Waals surface area contributed by atoms with Crippen molar-refractivity contribution in [3.8, 4) is 56.4 Å². The third-order valence-electron chi connectivity index (χ3n) is 9.22. The van der Waals surface area contributed by atoms with Gasteiger partial charge in [0.1, 0.15) is 0 Å². The number of nitrogens with zero attached hydrogens (tertiary/aromatic N) is 3. The van der Waals surface area contributed by atoms with Gasteiger partial charge in [-0.05, 0) is 83.8 Å². The van der Waals surface area contributed by atoms with Crippen LogP contribution in [0.5, 0.6) is 0 Å². The summed E-state index contributed by atoms with van der Waals surface area (Å²) in [5.41, 5.74) is 15.9. The van der Waals surface area contributed by atoms with Crippen molar-refractivity contribution in [2.75, 3.05) is 0 Å². The Labute approximate surface area is 303 Å². The van der Waals surface area contributed by atoms with Crippen LogP contribution >= 0.6 is 0 Å². The smallest absolute Gasteiger partial charge is 0.271 e. The Bertz CT molecular complexity index is 2400. The third-order valence-corrected chi connectivity index (χ3v) is 9.22. The van der Waals surface area contributed by atoms with Gasteiger partial charge >= 0.3 is 0 Å². The molecule has 5 nitrogen and oxygen atoms in total. The highest BCUT2D eigenvalue weighted by Crippen LogP contribution is 2.36. The third kappa shape index (κ3) is 6.51. The van der Waals surface area contributed by atoms with Crippen LogP contribution in [0.1, 0.15) is 21.5 Å². The first-order valence-electron chi connectivity index (χ1n) is 17.3. The molecule has 0 saturated carbocycles. The van der Waals surface area contributed by atoms with Crippen molar-refractivity contribution in [2.45, 2.75) is 6.92 Å². The van der Waals surface area contributed by atoms with Gasteiger partial charge in [0, 0.05) is 22.5 Å². The Balaban J connectivity index is 1.12. The zero-order chi connectivity index (χ0) is 35.3. The quantitative estimate of drug-likeness (QED) is 0.120. The van der Waals surface area contributed by atoms with Gasteiger partial charge in [-0.2, -0.15) is 5.10 Å². The van der Waals surface area contributed by atoms with Crippen LogP contribution in [0.3, 0.4) is 0 Å². The van der Waals surface area contributed by atoms with Gasteiger partial charge in [-0.3, -0.25) is 4.79 Å². The zero-order valence-electron chi connectivity index (χ0n) is 28.7. The van der Waals surface area contributed by atoms with Gasteiger partial charge in [-0.1, -0.05) is 139 Å². The summed E-state index contributed by atoms with van der Waals surface area (Å²) in [5, 5.41) is 4.50. The van der Waals surface area contributed by atoms with Crippen molar-refractivity contribution >= 4 is 12.1 Å². The van der Waals surface area contributed by atoms with E-state index in [-0.39, 0.29) is 5.91 Å². The summed E-state index contributed by atoms with van der Waals surface area (Å²) in [6, 6.07) is 63.9. The molecular formula is C47H36N4O. The molecule has 2 aromatic heterocycles. The Hall–Kier alpha value is -6.98. The molecule has 0 radical (unpaired) electrons. The Morgan fingerprint density at radius 3 is 1.46 bits per heavy atom. The first-order valence-corrected chi connectivity index (χ1v) is 17.3. The van der Waals surface area contributed by atoms with Crippen LogP contribution in [-0.2, 0) is 0 Å². The average molecular weight is 673 g/mol. The van der Waals surface area contributed by atoms with E-state index in [4.69, 9.17) is 0 Å². The summed E-state index contributed by atoms with van der Waals surface area (Å²) in [6.07, 6.45) is 1.74. The number of carbonyl (C=O) groups excluding carboxylic acids is 1. The molecule has 0 aliphatic heterocycles. The number of hydrazone groups is 1. The van der Waals surface area contributed by atoms with E-state index in [2.05, 4.69) is 118 Å². The molecule has 250 valence electrons. The standard InChI is InChI=1S/C47H36N4O/c1-34-22-26-42(27-23-34)51-45(37-18-10-4-11-19-37)32-40(46(51)38-20-12-5-13-21-38)33-48-49-47(52)39-24-28-41(29-25-39)50-43(35-14-6-2-7-15-35)30-31-44(50)36-16-8-3-9-17-36/h2-33H,1H3,(H,49,52)/b48-33+. The zero-order valence-corrected chi connectivity index (χ0v) is 28.7. The predicted octanol–water partition coefficient (Wildman–Crippen LogP) is 11.0. The largest absolute Gasteiger partial charge is 0.309 e. The van der Waals surface area contributed by atoms with Crippen molar-refractivity contribution in [1.82, 2.24) is 14.6 Å². The van der Waals surface area contributed by atoms with E-state index in [1.54, 1.807) is 6.21 Å². The van der Waals surface area contributed by atoms with Gasteiger partial charge in [-0.25, -0.2) is 5.43 Å².